The monoisotopic (exact) mass is 572 g/mol. The number of nitrogens with zero attached hydrogens (tertiary/aromatic N) is 3. The third kappa shape index (κ3) is 6.78. The van der Waals surface area contributed by atoms with E-state index in [1.54, 1.807) is 12.1 Å². The molecule has 2 aromatic heterocycles. The van der Waals surface area contributed by atoms with Gasteiger partial charge < -0.3 is 9.88 Å². The molecule has 214 valence electrons. The van der Waals surface area contributed by atoms with Crippen LogP contribution in [0.15, 0.2) is 67.0 Å². The van der Waals surface area contributed by atoms with E-state index in [9.17, 15) is 31.1 Å². The van der Waals surface area contributed by atoms with Crippen molar-refractivity contribution in [2.75, 3.05) is 0 Å². The number of imidazole rings is 1. The molecule has 1 atom stereocenters. The minimum Gasteiger partial charge on any atom is -0.346 e. The summed E-state index contributed by atoms with van der Waals surface area (Å²) in [6.07, 6.45) is 0.672. The van der Waals surface area contributed by atoms with E-state index in [4.69, 9.17) is 0 Å². The van der Waals surface area contributed by atoms with E-state index in [-0.39, 0.29) is 23.7 Å². The second-order valence-electron chi connectivity index (χ2n) is 10.1. The zero-order valence-electron chi connectivity index (χ0n) is 21.8. The average Bonchev–Trinajstić information content (AvgIpc) is 3.58. The largest absolute Gasteiger partial charge is 0.434 e. The predicted octanol–water partition coefficient (Wildman–Crippen LogP) is 7.14. The zero-order chi connectivity index (χ0) is 29.1. The molecule has 41 heavy (non-hydrogen) atoms. The van der Waals surface area contributed by atoms with E-state index in [1.165, 1.54) is 35.0 Å². The Morgan fingerprint density at radius 1 is 0.976 bits per heavy atom. The maximum Gasteiger partial charge on any atom is 0.434 e. The van der Waals surface area contributed by atoms with Gasteiger partial charge in [-0.05, 0) is 60.7 Å². The Morgan fingerprint density at radius 2 is 1.66 bits per heavy atom. The van der Waals surface area contributed by atoms with E-state index in [0.717, 1.165) is 37.2 Å². The smallest absolute Gasteiger partial charge is 0.346 e. The van der Waals surface area contributed by atoms with Crippen LogP contribution in [-0.2, 0) is 23.9 Å². The predicted molar refractivity (Wildman–Crippen MR) is 139 cm³/mol. The fraction of sp³-hybridized carbons (Fsp3) is 0.300. The number of halogens is 6. The molecule has 1 aliphatic rings. The molecule has 0 bridgehead atoms. The van der Waals surface area contributed by atoms with Crippen molar-refractivity contribution in [1.29, 1.82) is 0 Å². The molecular weight excluding hydrogens is 546 g/mol. The summed E-state index contributed by atoms with van der Waals surface area (Å²) >= 11 is 0. The topological polar surface area (TPSA) is 59.8 Å². The Morgan fingerprint density at radius 3 is 2.32 bits per heavy atom. The number of aromatic nitrogens is 3. The second-order valence-corrected chi connectivity index (χ2v) is 10.1. The molecule has 2 heterocycles. The third-order valence-corrected chi connectivity index (χ3v) is 7.15. The number of hydrogen-bond donors (Lipinski definition) is 1. The normalized spacial score (nSPS) is 14.8. The summed E-state index contributed by atoms with van der Waals surface area (Å²) in [6.45, 7) is -0.443. The van der Waals surface area contributed by atoms with Crippen LogP contribution in [0.5, 0.6) is 0 Å². The minimum atomic E-state index is -4.67. The molecule has 1 saturated carbocycles. The number of rotatable bonds is 8. The van der Waals surface area contributed by atoms with Crippen molar-refractivity contribution in [3.8, 4) is 11.1 Å². The lowest BCUT2D eigenvalue weighted by molar-refractivity contribution is -0.141. The lowest BCUT2D eigenvalue weighted by atomic mass is 9.95. The van der Waals surface area contributed by atoms with Gasteiger partial charge in [-0.1, -0.05) is 31.0 Å². The van der Waals surface area contributed by atoms with Crippen LogP contribution in [0.25, 0.3) is 11.1 Å². The highest BCUT2D eigenvalue weighted by atomic mass is 19.4. The van der Waals surface area contributed by atoms with Gasteiger partial charge in [0.15, 0.2) is 5.69 Å². The molecule has 5 rings (SSSR count). The first kappa shape index (κ1) is 28.4. The van der Waals surface area contributed by atoms with Crippen LogP contribution < -0.4 is 5.32 Å². The van der Waals surface area contributed by atoms with Crippen LogP contribution >= 0.6 is 0 Å². The van der Waals surface area contributed by atoms with Gasteiger partial charge in [-0.25, -0.2) is 18.2 Å². The van der Waals surface area contributed by atoms with E-state index in [1.807, 2.05) is 0 Å². The van der Waals surface area contributed by atoms with Crippen molar-refractivity contribution < 1.29 is 31.1 Å². The van der Waals surface area contributed by atoms with Gasteiger partial charge in [-0.2, -0.15) is 13.2 Å². The Bertz CT molecular complexity index is 1510. The summed E-state index contributed by atoms with van der Waals surface area (Å²) in [6, 6.07) is 11.0. The first-order valence-electron chi connectivity index (χ1n) is 13.2. The summed E-state index contributed by atoms with van der Waals surface area (Å²) in [4.78, 5) is 21.6. The van der Waals surface area contributed by atoms with Crippen LogP contribution in [0.3, 0.4) is 0 Å². The number of alkyl halides is 3. The number of benzene rings is 2. The maximum absolute atomic E-state index is 14.0. The van der Waals surface area contributed by atoms with Crippen LogP contribution in [0.2, 0.25) is 0 Å². The van der Waals surface area contributed by atoms with E-state index in [2.05, 4.69) is 15.3 Å². The maximum atomic E-state index is 14.0. The SMILES string of the molecule is O=C(Cn1cc(C(F)(F)F)nc1C1CCCC1)N[C@@H](Cc1cc(F)cc(F)c1)c1ncccc1-c1ccc(F)cc1. The van der Waals surface area contributed by atoms with Gasteiger partial charge in [0, 0.05) is 29.9 Å². The summed E-state index contributed by atoms with van der Waals surface area (Å²) in [5, 5.41) is 2.81. The van der Waals surface area contributed by atoms with Crippen molar-refractivity contribution in [2.24, 2.45) is 0 Å². The zero-order valence-corrected chi connectivity index (χ0v) is 21.8. The fourth-order valence-electron chi connectivity index (χ4n) is 5.35. The Labute approximate surface area is 232 Å². The van der Waals surface area contributed by atoms with Gasteiger partial charge >= 0.3 is 6.18 Å². The van der Waals surface area contributed by atoms with Crippen LogP contribution in [0.4, 0.5) is 26.3 Å². The summed E-state index contributed by atoms with van der Waals surface area (Å²) < 4.78 is 83.4. The molecule has 1 N–H and O–H groups in total. The Hall–Kier alpha value is -4.15. The molecule has 1 aliphatic carbocycles. The first-order chi connectivity index (χ1) is 19.6. The number of amides is 1. The molecule has 0 spiro atoms. The summed E-state index contributed by atoms with van der Waals surface area (Å²) in [5.74, 6) is -2.67. The quantitative estimate of drug-likeness (QED) is 0.229. The van der Waals surface area contributed by atoms with Crippen LogP contribution in [0.1, 0.15) is 60.4 Å². The Kier molecular flexibility index (Phi) is 8.14. The fourth-order valence-corrected chi connectivity index (χ4v) is 5.35. The number of pyridine rings is 1. The standard InChI is InChI=1S/C30H26F6N4O/c31-21-9-7-19(8-10-21)24-6-3-11-37-28(24)25(14-18-12-22(32)15-23(33)13-18)38-27(41)17-40-16-26(30(34,35)36)39-29(40)20-4-1-2-5-20/h3,6-13,15-16,20,25H,1-2,4-5,14,17H2,(H,38,41)/t25-/m0/s1. The van der Waals surface area contributed by atoms with Crippen LogP contribution in [-0.4, -0.2) is 20.4 Å². The second kappa shape index (κ2) is 11.8. The first-order valence-corrected chi connectivity index (χ1v) is 13.2. The highest BCUT2D eigenvalue weighted by Crippen LogP contribution is 2.36. The van der Waals surface area contributed by atoms with Gasteiger partial charge in [0.1, 0.15) is 29.8 Å². The van der Waals surface area contributed by atoms with Gasteiger partial charge in [-0.3, -0.25) is 9.78 Å². The van der Waals surface area contributed by atoms with Crippen molar-refractivity contribution >= 4 is 5.91 Å². The average molecular weight is 573 g/mol. The molecule has 0 aliphatic heterocycles. The number of hydrogen-bond acceptors (Lipinski definition) is 3. The molecule has 0 unspecified atom stereocenters. The van der Waals surface area contributed by atoms with E-state index < -0.39 is 47.8 Å². The highest BCUT2D eigenvalue weighted by Gasteiger charge is 2.36. The van der Waals surface area contributed by atoms with E-state index >= 15 is 0 Å². The van der Waals surface area contributed by atoms with Gasteiger partial charge in [0.25, 0.3) is 0 Å². The highest BCUT2D eigenvalue weighted by molar-refractivity contribution is 5.77. The van der Waals surface area contributed by atoms with Gasteiger partial charge in [0.05, 0.1) is 11.7 Å². The van der Waals surface area contributed by atoms with Crippen LogP contribution in [0, 0.1) is 17.5 Å². The minimum absolute atomic E-state index is 0.0706. The molecular formula is C30H26F6N4O. The number of carbonyl (C=O) groups excluding carboxylic acids is 1. The molecule has 1 fully saturated rings. The van der Waals surface area contributed by atoms with Gasteiger partial charge in [0.2, 0.25) is 5.91 Å². The summed E-state index contributed by atoms with van der Waals surface area (Å²) in [7, 11) is 0. The van der Waals surface area contributed by atoms with E-state index in [0.29, 0.717) is 29.7 Å². The molecule has 2 aromatic carbocycles. The van der Waals surface area contributed by atoms with Crippen molar-refractivity contribution in [3.63, 3.8) is 0 Å². The van der Waals surface area contributed by atoms with Crippen molar-refractivity contribution in [2.45, 2.75) is 56.8 Å². The van der Waals surface area contributed by atoms with Crippen molar-refractivity contribution in [3.05, 3.63) is 107 Å². The molecule has 0 radical (unpaired) electrons. The number of nitrogens with one attached hydrogen (secondary N) is 1. The number of carbonyl (C=O) groups is 1. The lowest BCUT2D eigenvalue weighted by Gasteiger charge is -2.22. The molecule has 11 heteroatoms. The van der Waals surface area contributed by atoms with Gasteiger partial charge in [-0.15, -0.1) is 0 Å². The summed E-state index contributed by atoms with van der Waals surface area (Å²) in [5.41, 5.74) is 0.643. The molecule has 5 nitrogen and oxygen atoms in total. The van der Waals surface area contributed by atoms with Crippen molar-refractivity contribution in [1.82, 2.24) is 19.9 Å². The Balaban J connectivity index is 1.48. The molecule has 1 amide bonds. The molecule has 4 aromatic rings. The third-order valence-electron chi connectivity index (χ3n) is 7.15. The molecule has 0 saturated heterocycles. The lowest BCUT2D eigenvalue weighted by Crippen LogP contribution is -2.34.